The minimum absolute atomic E-state index is 0.644. The van der Waals surface area contributed by atoms with Gasteiger partial charge in [-0.2, -0.15) is 0 Å². The van der Waals surface area contributed by atoms with Gasteiger partial charge in [-0.15, -0.1) is 11.3 Å². The second-order valence-corrected chi connectivity index (χ2v) is 6.95. The third kappa shape index (κ3) is 2.08. The van der Waals surface area contributed by atoms with E-state index >= 15 is 0 Å². The Labute approximate surface area is 120 Å². The molecule has 2 aromatic rings. The topological polar surface area (TPSA) is 24.9 Å². The standard InChI is InChI=1S/C14H15BrN2S/c1-8(2)7-16-14-17-13-9-4-3-5-11(15)10(9)6-12(13)18-14/h3-5,8H,6-7H2,1-2H3,(H,16,17). The molecular formula is C14H15BrN2S. The molecule has 3 rings (SSSR count). The largest absolute Gasteiger partial charge is 0.361 e. The number of anilines is 1. The minimum atomic E-state index is 0.644. The molecule has 0 unspecified atom stereocenters. The zero-order valence-corrected chi connectivity index (χ0v) is 12.9. The van der Waals surface area contributed by atoms with Crippen molar-refractivity contribution < 1.29 is 0 Å². The van der Waals surface area contributed by atoms with Crippen molar-refractivity contribution in [3.8, 4) is 11.3 Å². The van der Waals surface area contributed by atoms with E-state index in [1.807, 2.05) is 0 Å². The van der Waals surface area contributed by atoms with Crippen LogP contribution < -0.4 is 5.32 Å². The maximum absolute atomic E-state index is 4.73. The van der Waals surface area contributed by atoms with E-state index in [1.165, 1.54) is 26.2 Å². The lowest BCUT2D eigenvalue weighted by molar-refractivity contribution is 0.688. The van der Waals surface area contributed by atoms with E-state index in [2.05, 4.69) is 53.3 Å². The molecule has 94 valence electrons. The number of aromatic nitrogens is 1. The van der Waals surface area contributed by atoms with Crippen molar-refractivity contribution in [3.63, 3.8) is 0 Å². The highest BCUT2D eigenvalue weighted by Crippen LogP contribution is 2.43. The molecule has 1 aliphatic rings. The van der Waals surface area contributed by atoms with E-state index in [4.69, 9.17) is 4.98 Å². The molecule has 1 aromatic carbocycles. The predicted molar refractivity (Wildman–Crippen MR) is 81.4 cm³/mol. The Hall–Kier alpha value is -0.870. The van der Waals surface area contributed by atoms with Gasteiger partial charge in [0.05, 0.1) is 5.69 Å². The van der Waals surface area contributed by atoms with Gasteiger partial charge in [-0.1, -0.05) is 41.9 Å². The van der Waals surface area contributed by atoms with Crippen molar-refractivity contribution in [2.45, 2.75) is 20.3 Å². The molecule has 0 atom stereocenters. The molecule has 1 aromatic heterocycles. The van der Waals surface area contributed by atoms with Crippen LogP contribution >= 0.6 is 27.3 Å². The van der Waals surface area contributed by atoms with Crippen LogP contribution in [0.1, 0.15) is 24.3 Å². The highest BCUT2D eigenvalue weighted by molar-refractivity contribution is 9.10. The van der Waals surface area contributed by atoms with E-state index in [0.717, 1.165) is 18.1 Å². The molecule has 4 heteroatoms. The van der Waals surface area contributed by atoms with Gasteiger partial charge in [-0.25, -0.2) is 4.98 Å². The molecule has 0 saturated carbocycles. The summed E-state index contributed by atoms with van der Waals surface area (Å²) in [7, 11) is 0. The quantitative estimate of drug-likeness (QED) is 0.765. The predicted octanol–water partition coefficient (Wildman–Crippen LogP) is 4.54. The number of hydrogen-bond acceptors (Lipinski definition) is 3. The number of rotatable bonds is 3. The Balaban J connectivity index is 1.91. The van der Waals surface area contributed by atoms with Crippen molar-refractivity contribution in [2.24, 2.45) is 5.92 Å². The van der Waals surface area contributed by atoms with Crippen LogP contribution in [0.5, 0.6) is 0 Å². The van der Waals surface area contributed by atoms with Crippen molar-refractivity contribution in [2.75, 3.05) is 11.9 Å². The molecule has 2 nitrogen and oxygen atoms in total. The smallest absolute Gasteiger partial charge is 0.183 e. The lowest BCUT2D eigenvalue weighted by Crippen LogP contribution is -2.07. The van der Waals surface area contributed by atoms with Gasteiger partial charge in [0.15, 0.2) is 5.13 Å². The first kappa shape index (κ1) is 12.2. The van der Waals surface area contributed by atoms with Gasteiger partial charge in [0.1, 0.15) is 0 Å². The summed E-state index contributed by atoms with van der Waals surface area (Å²) in [6.07, 6.45) is 1.01. The van der Waals surface area contributed by atoms with Crippen LogP contribution in [0.25, 0.3) is 11.3 Å². The van der Waals surface area contributed by atoms with Gasteiger partial charge in [0.25, 0.3) is 0 Å². The van der Waals surface area contributed by atoms with Crippen LogP contribution in [0, 0.1) is 5.92 Å². The molecular weight excluding hydrogens is 308 g/mol. The van der Waals surface area contributed by atoms with Gasteiger partial charge in [0.2, 0.25) is 0 Å². The second kappa shape index (κ2) is 4.67. The van der Waals surface area contributed by atoms with Gasteiger partial charge in [-0.3, -0.25) is 0 Å². The van der Waals surface area contributed by atoms with Gasteiger partial charge >= 0.3 is 0 Å². The average Bonchev–Trinajstić information content (AvgIpc) is 2.85. The van der Waals surface area contributed by atoms with E-state index in [1.54, 1.807) is 11.3 Å². The molecule has 0 aliphatic heterocycles. The summed E-state index contributed by atoms with van der Waals surface area (Å²) in [6, 6.07) is 6.35. The Morgan fingerprint density at radius 3 is 3.06 bits per heavy atom. The molecule has 1 heterocycles. The molecule has 18 heavy (non-hydrogen) atoms. The first-order chi connectivity index (χ1) is 8.65. The summed E-state index contributed by atoms with van der Waals surface area (Å²) < 4.78 is 1.20. The Kier molecular flexibility index (Phi) is 3.16. The molecule has 0 radical (unpaired) electrons. The summed E-state index contributed by atoms with van der Waals surface area (Å²) in [6.45, 7) is 5.40. The fraction of sp³-hybridized carbons (Fsp3) is 0.357. The van der Waals surface area contributed by atoms with Crippen molar-refractivity contribution >= 4 is 32.4 Å². The molecule has 0 fully saturated rings. The van der Waals surface area contributed by atoms with Crippen LogP contribution in [-0.4, -0.2) is 11.5 Å². The fourth-order valence-electron chi connectivity index (χ4n) is 2.17. The van der Waals surface area contributed by atoms with Crippen LogP contribution in [-0.2, 0) is 6.42 Å². The fourth-order valence-corrected chi connectivity index (χ4v) is 3.67. The third-order valence-corrected chi connectivity index (χ3v) is 4.83. The molecule has 0 saturated heterocycles. The molecule has 1 N–H and O–H groups in total. The Bertz CT molecular complexity index is 589. The summed E-state index contributed by atoms with van der Waals surface area (Å²) in [5, 5.41) is 4.47. The highest BCUT2D eigenvalue weighted by atomic mass is 79.9. The average molecular weight is 323 g/mol. The summed E-state index contributed by atoms with van der Waals surface area (Å²) in [5.74, 6) is 0.644. The van der Waals surface area contributed by atoms with Gasteiger partial charge in [0, 0.05) is 27.9 Å². The number of halogens is 1. The van der Waals surface area contributed by atoms with Gasteiger partial charge in [-0.05, 0) is 17.5 Å². The number of hydrogen-bond donors (Lipinski definition) is 1. The van der Waals surface area contributed by atoms with Crippen LogP contribution in [0.2, 0.25) is 0 Å². The molecule has 1 aliphatic carbocycles. The number of fused-ring (bicyclic) bond motifs is 3. The van der Waals surface area contributed by atoms with Crippen LogP contribution in [0.15, 0.2) is 22.7 Å². The minimum Gasteiger partial charge on any atom is -0.361 e. The first-order valence-corrected chi connectivity index (χ1v) is 7.77. The third-order valence-electron chi connectivity index (χ3n) is 3.07. The first-order valence-electron chi connectivity index (χ1n) is 6.16. The Morgan fingerprint density at radius 1 is 1.44 bits per heavy atom. The van der Waals surface area contributed by atoms with E-state index in [9.17, 15) is 0 Å². The lowest BCUT2D eigenvalue weighted by Gasteiger charge is -2.05. The van der Waals surface area contributed by atoms with E-state index in [-0.39, 0.29) is 0 Å². The molecule has 0 spiro atoms. The van der Waals surface area contributed by atoms with Crippen molar-refractivity contribution in [1.82, 2.24) is 4.98 Å². The number of thiazole rings is 1. The Morgan fingerprint density at radius 2 is 2.28 bits per heavy atom. The zero-order chi connectivity index (χ0) is 12.7. The molecule has 0 amide bonds. The number of nitrogens with zero attached hydrogens (tertiary/aromatic N) is 1. The van der Waals surface area contributed by atoms with Crippen molar-refractivity contribution in [1.29, 1.82) is 0 Å². The summed E-state index contributed by atoms with van der Waals surface area (Å²) in [5.41, 5.74) is 3.83. The second-order valence-electron chi connectivity index (χ2n) is 5.01. The molecule has 0 bridgehead atoms. The van der Waals surface area contributed by atoms with Gasteiger partial charge < -0.3 is 5.32 Å². The maximum atomic E-state index is 4.73. The number of benzene rings is 1. The van der Waals surface area contributed by atoms with E-state index in [0.29, 0.717) is 5.92 Å². The number of nitrogens with one attached hydrogen (secondary N) is 1. The van der Waals surface area contributed by atoms with E-state index < -0.39 is 0 Å². The maximum Gasteiger partial charge on any atom is 0.183 e. The zero-order valence-electron chi connectivity index (χ0n) is 10.5. The SMILES string of the molecule is CC(C)CNc1nc2c(s1)Cc1c(Br)cccc1-2. The van der Waals surface area contributed by atoms with Crippen LogP contribution in [0.3, 0.4) is 0 Å². The highest BCUT2D eigenvalue weighted by Gasteiger charge is 2.24. The summed E-state index contributed by atoms with van der Waals surface area (Å²) in [4.78, 5) is 6.11. The normalized spacial score (nSPS) is 12.7. The monoisotopic (exact) mass is 322 g/mol. The van der Waals surface area contributed by atoms with Crippen LogP contribution in [0.4, 0.5) is 5.13 Å². The summed E-state index contributed by atoms with van der Waals surface area (Å²) >= 11 is 5.41. The van der Waals surface area contributed by atoms with Crippen molar-refractivity contribution in [3.05, 3.63) is 33.1 Å². The lowest BCUT2D eigenvalue weighted by atomic mass is 10.1.